The minimum atomic E-state index is 0.306. The van der Waals surface area contributed by atoms with Gasteiger partial charge in [0.1, 0.15) is 0 Å². The number of nitrogens with one attached hydrogen (secondary N) is 1. The molecule has 4 heteroatoms. The molecule has 0 saturated heterocycles. The zero-order valence-corrected chi connectivity index (χ0v) is 11.0. The van der Waals surface area contributed by atoms with Crippen molar-refractivity contribution in [2.24, 2.45) is 0 Å². The van der Waals surface area contributed by atoms with Crippen LogP contribution in [0.15, 0.2) is 16.1 Å². The molecule has 1 N–H and O–H groups in total. The highest BCUT2D eigenvalue weighted by atomic mass is 16.4. The summed E-state index contributed by atoms with van der Waals surface area (Å²) in [6.45, 7) is 2.17. The molecule has 2 aliphatic carbocycles. The van der Waals surface area contributed by atoms with E-state index in [1.807, 2.05) is 0 Å². The lowest BCUT2D eigenvalue weighted by Gasteiger charge is -2.21. The minimum absolute atomic E-state index is 0.306. The molecular formula is C14H21N3O. The zero-order chi connectivity index (χ0) is 12.4. The van der Waals surface area contributed by atoms with Crippen LogP contribution in [0, 0.1) is 0 Å². The van der Waals surface area contributed by atoms with Crippen molar-refractivity contribution in [2.75, 3.05) is 5.32 Å². The maximum absolute atomic E-state index is 5.69. The molecule has 1 aromatic heterocycles. The summed E-state index contributed by atoms with van der Waals surface area (Å²) in [4.78, 5) is 0. The molecular weight excluding hydrogens is 226 g/mol. The molecule has 0 aliphatic heterocycles. The van der Waals surface area contributed by atoms with Crippen LogP contribution in [-0.4, -0.2) is 16.2 Å². The van der Waals surface area contributed by atoms with Crippen molar-refractivity contribution in [3.05, 3.63) is 17.5 Å². The van der Waals surface area contributed by atoms with Gasteiger partial charge in [0.15, 0.2) is 0 Å². The Morgan fingerprint density at radius 1 is 1.28 bits per heavy atom. The first kappa shape index (κ1) is 11.8. The molecule has 2 aliphatic rings. The first-order valence-corrected chi connectivity index (χ1v) is 7.12. The standard InChI is InChI=1S/C14H21N3O/c1-10(11-6-3-2-4-7-11)15-14-17-16-13(18-14)12-8-5-9-12/h6,10,12H,2-5,7-9H2,1H3,(H,15,17)/t10-/m0/s1. The monoisotopic (exact) mass is 247 g/mol. The Morgan fingerprint density at radius 3 is 2.83 bits per heavy atom. The second kappa shape index (κ2) is 5.12. The van der Waals surface area contributed by atoms with Gasteiger partial charge in [-0.05, 0) is 45.4 Å². The van der Waals surface area contributed by atoms with Crippen molar-refractivity contribution < 1.29 is 4.42 Å². The van der Waals surface area contributed by atoms with Crippen molar-refractivity contribution in [3.63, 3.8) is 0 Å². The van der Waals surface area contributed by atoms with Gasteiger partial charge in [0.2, 0.25) is 5.89 Å². The van der Waals surface area contributed by atoms with E-state index in [0.29, 0.717) is 18.0 Å². The quantitative estimate of drug-likeness (QED) is 0.825. The van der Waals surface area contributed by atoms with E-state index in [2.05, 4.69) is 28.5 Å². The fourth-order valence-corrected chi connectivity index (χ4v) is 2.65. The van der Waals surface area contributed by atoms with E-state index in [9.17, 15) is 0 Å². The van der Waals surface area contributed by atoms with Crippen LogP contribution in [0.4, 0.5) is 6.01 Å². The van der Waals surface area contributed by atoms with E-state index < -0.39 is 0 Å². The van der Waals surface area contributed by atoms with Gasteiger partial charge in [-0.1, -0.05) is 23.2 Å². The second-order valence-electron chi connectivity index (χ2n) is 5.46. The second-order valence-corrected chi connectivity index (χ2v) is 5.46. The van der Waals surface area contributed by atoms with Crippen molar-refractivity contribution in [1.82, 2.24) is 10.2 Å². The SMILES string of the molecule is C[C@H](Nc1nnc(C2CCC2)o1)C1=CCCCC1. The summed E-state index contributed by atoms with van der Waals surface area (Å²) in [6, 6.07) is 0.885. The fourth-order valence-electron chi connectivity index (χ4n) is 2.65. The number of hydrogen-bond donors (Lipinski definition) is 1. The molecule has 1 aromatic rings. The van der Waals surface area contributed by atoms with Gasteiger partial charge in [0, 0.05) is 12.0 Å². The fraction of sp³-hybridized carbons (Fsp3) is 0.714. The van der Waals surface area contributed by atoms with Crippen molar-refractivity contribution in [3.8, 4) is 0 Å². The number of rotatable bonds is 4. The number of allylic oxidation sites excluding steroid dienone is 1. The van der Waals surface area contributed by atoms with Crippen LogP contribution in [-0.2, 0) is 0 Å². The Morgan fingerprint density at radius 2 is 2.17 bits per heavy atom. The molecule has 0 amide bonds. The van der Waals surface area contributed by atoms with E-state index in [1.54, 1.807) is 0 Å². The van der Waals surface area contributed by atoms with E-state index in [4.69, 9.17) is 4.42 Å². The molecule has 1 fully saturated rings. The molecule has 4 nitrogen and oxygen atoms in total. The number of anilines is 1. The average Bonchev–Trinajstić information content (AvgIpc) is 2.76. The summed E-state index contributed by atoms with van der Waals surface area (Å²) >= 11 is 0. The molecule has 18 heavy (non-hydrogen) atoms. The van der Waals surface area contributed by atoms with Crippen LogP contribution in [0.2, 0.25) is 0 Å². The number of aromatic nitrogens is 2. The summed E-state index contributed by atoms with van der Waals surface area (Å²) in [5.41, 5.74) is 1.48. The molecule has 0 unspecified atom stereocenters. The van der Waals surface area contributed by atoms with Gasteiger partial charge in [-0.15, -0.1) is 5.10 Å². The van der Waals surface area contributed by atoms with Crippen LogP contribution in [0.25, 0.3) is 0 Å². The van der Waals surface area contributed by atoms with Crippen molar-refractivity contribution >= 4 is 6.01 Å². The predicted octanol–water partition coefficient (Wildman–Crippen LogP) is 3.64. The average molecular weight is 247 g/mol. The third-order valence-corrected chi connectivity index (χ3v) is 4.12. The summed E-state index contributed by atoms with van der Waals surface area (Å²) in [7, 11) is 0. The van der Waals surface area contributed by atoms with Crippen LogP contribution in [0.1, 0.15) is 63.7 Å². The normalized spacial score (nSPS) is 22.2. The van der Waals surface area contributed by atoms with E-state index in [0.717, 1.165) is 5.89 Å². The maximum atomic E-state index is 5.69. The highest BCUT2D eigenvalue weighted by molar-refractivity contribution is 5.27. The van der Waals surface area contributed by atoms with Crippen LogP contribution in [0.3, 0.4) is 0 Å². The van der Waals surface area contributed by atoms with Gasteiger partial charge in [0.25, 0.3) is 0 Å². The topological polar surface area (TPSA) is 51.0 Å². The molecule has 0 aromatic carbocycles. The van der Waals surface area contributed by atoms with Crippen molar-refractivity contribution in [2.45, 2.75) is 63.8 Å². The summed E-state index contributed by atoms with van der Waals surface area (Å²) in [5.74, 6) is 1.32. The van der Waals surface area contributed by atoms with Gasteiger partial charge in [0.05, 0.1) is 0 Å². The van der Waals surface area contributed by atoms with Gasteiger partial charge >= 0.3 is 6.01 Å². The first-order valence-electron chi connectivity index (χ1n) is 7.12. The molecule has 0 radical (unpaired) electrons. The Kier molecular flexibility index (Phi) is 3.35. The van der Waals surface area contributed by atoms with E-state index >= 15 is 0 Å². The van der Waals surface area contributed by atoms with Crippen LogP contribution < -0.4 is 5.32 Å². The largest absolute Gasteiger partial charge is 0.408 e. The Bertz CT molecular complexity index is 434. The Balaban J connectivity index is 1.61. The molecule has 1 saturated carbocycles. The molecule has 0 spiro atoms. The summed E-state index contributed by atoms with van der Waals surface area (Å²) in [5, 5.41) is 11.6. The number of nitrogens with zero attached hydrogens (tertiary/aromatic N) is 2. The van der Waals surface area contributed by atoms with Gasteiger partial charge in [-0.2, -0.15) is 0 Å². The molecule has 3 rings (SSSR count). The van der Waals surface area contributed by atoms with E-state index in [1.165, 1.54) is 50.5 Å². The van der Waals surface area contributed by atoms with Crippen LogP contribution >= 0.6 is 0 Å². The highest BCUT2D eigenvalue weighted by Crippen LogP contribution is 2.36. The van der Waals surface area contributed by atoms with Crippen LogP contribution in [0.5, 0.6) is 0 Å². The third kappa shape index (κ3) is 2.42. The summed E-state index contributed by atoms with van der Waals surface area (Å²) in [6.07, 6.45) is 11.1. The maximum Gasteiger partial charge on any atom is 0.315 e. The van der Waals surface area contributed by atoms with Crippen molar-refractivity contribution in [1.29, 1.82) is 0 Å². The summed E-state index contributed by atoms with van der Waals surface area (Å²) < 4.78 is 5.69. The molecule has 1 atom stereocenters. The lowest BCUT2D eigenvalue weighted by molar-refractivity contribution is 0.338. The third-order valence-electron chi connectivity index (χ3n) is 4.12. The number of hydrogen-bond acceptors (Lipinski definition) is 4. The lowest BCUT2D eigenvalue weighted by atomic mass is 9.85. The van der Waals surface area contributed by atoms with Gasteiger partial charge < -0.3 is 9.73 Å². The first-order chi connectivity index (χ1) is 8.83. The minimum Gasteiger partial charge on any atom is -0.408 e. The Hall–Kier alpha value is -1.32. The highest BCUT2D eigenvalue weighted by Gasteiger charge is 2.25. The smallest absolute Gasteiger partial charge is 0.315 e. The Labute approximate surface area is 108 Å². The lowest BCUT2D eigenvalue weighted by Crippen LogP contribution is -2.19. The predicted molar refractivity (Wildman–Crippen MR) is 70.5 cm³/mol. The van der Waals surface area contributed by atoms with Gasteiger partial charge in [-0.25, -0.2) is 0 Å². The van der Waals surface area contributed by atoms with Gasteiger partial charge in [-0.3, -0.25) is 0 Å². The molecule has 98 valence electrons. The van der Waals surface area contributed by atoms with E-state index in [-0.39, 0.29) is 0 Å². The molecule has 1 heterocycles. The molecule has 0 bridgehead atoms. The zero-order valence-electron chi connectivity index (χ0n) is 11.0.